The van der Waals surface area contributed by atoms with Gasteiger partial charge < -0.3 is 10.4 Å². The molecule has 1 atom stereocenters. The van der Waals surface area contributed by atoms with Crippen molar-refractivity contribution in [3.8, 4) is 0 Å². The van der Waals surface area contributed by atoms with Gasteiger partial charge in [0.15, 0.2) is 5.78 Å². The number of carbonyl (C=O) groups excluding carboxylic acids is 1. The highest BCUT2D eigenvalue weighted by Crippen LogP contribution is 2.33. The van der Waals surface area contributed by atoms with Gasteiger partial charge in [-0.15, -0.1) is 0 Å². The number of ketones is 1. The number of anilines is 1. The molecule has 0 spiro atoms. The van der Waals surface area contributed by atoms with Gasteiger partial charge >= 0.3 is 6.18 Å². The highest BCUT2D eigenvalue weighted by atomic mass is 19.4. The molecule has 1 unspecified atom stereocenters. The van der Waals surface area contributed by atoms with Crippen LogP contribution in [0.1, 0.15) is 52.2 Å². The molecule has 152 valence electrons. The predicted molar refractivity (Wildman–Crippen MR) is 102 cm³/mol. The Morgan fingerprint density at radius 1 is 1.17 bits per heavy atom. The lowest BCUT2D eigenvalue weighted by Gasteiger charge is -2.18. The van der Waals surface area contributed by atoms with Crippen molar-refractivity contribution in [1.82, 2.24) is 10.2 Å². The smallest absolute Gasteiger partial charge is 0.384 e. The molecule has 3 aromatic rings. The molecule has 0 bridgehead atoms. The fraction of sp³-hybridized carbons (Fsp3) is 0.238. The van der Waals surface area contributed by atoms with Crippen LogP contribution >= 0.6 is 0 Å². The first-order chi connectivity index (χ1) is 13.8. The fourth-order valence-electron chi connectivity index (χ4n) is 2.98. The van der Waals surface area contributed by atoms with Crippen LogP contribution in [0.25, 0.3) is 0 Å². The van der Waals surface area contributed by atoms with Gasteiger partial charge in [-0.1, -0.05) is 37.3 Å². The van der Waals surface area contributed by atoms with E-state index in [1.165, 1.54) is 12.1 Å². The second kappa shape index (κ2) is 8.48. The summed E-state index contributed by atoms with van der Waals surface area (Å²) in [6, 6.07) is 11.4. The van der Waals surface area contributed by atoms with Gasteiger partial charge in [-0.05, 0) is 23.8 Å². The highest BCUT2D eigenvalue weighted by Gasteiger charge is 2.30. The molecule has 0 aliphatic rings. The van der Waals surface area contributed by atoms with Crippen molar-refractivity contribution in [3.63, 3.8) is 0 Å². The van der Waals surface area contributed by atoms with Crippen LogP contribution in [0.15, 0.2) is 54.7 Å². The van der Waals surface area contributed by atoms with Crippen molar-refractivity contribution < 1.29 is 23.1 Å². The lowest BCUT2D eigenvalue weighted by molar-refractivity contribution is -0.137. The third-order valence-electron chi connectivity index (χ3n) is 4.60. The van der Waals surface area contributed by atoms with Gasteiger partial charge in [-0.2, -0.15) is 18.3 Å². The third kappa shape index (κ3) is 4.65. The molecule has 1 heterocycles. The predicted octanol–water partition coefficient (Wildman–Crippen LogP) is 4.72. The average molecular weight is 403 g/mol. The Morgan fingerprint density at radius 3 is 2.52 bits per heavy atom. The van der Waals surface area contributed by atoms with Crippen LogP contribution in [0, 0.1) is 0 Å². The summed E-state index contributed by atoms with van der Waals surface area (Å²) in [6.45, 7) is 2.06. The first-order valence-electron chi connectivity index (χ1n) is 9.04. The number of halogens is 3. The molecule has 0 aliphatic heterocycles. The summed E-state index contributed by atoms with van der Waals surface area (Å²) in [5, 5.41) is 20.5. The molecule has 0 aliphatic carbocycles. The molecular weight excluding hydrogens is 383 g/mol. The normalized spacial score (nSPS) is 12.6. The molecule has 2 aromatic carbocycles. The summed E-state index contributed by atoms with van der Waals surface area (Å²) in [5.74, 6) is -0.0580. The van der Waals surface area contributed by atoms with E-state index in [9.17, 15) is 23.1 Å². The molecule has 29 heavy (non-hydrogen) atoms. The number of H-pyrrole nitrogens is 1. The zero-order valence-electron chi connectivity index (χ0n) is 15.6. The van der Waals surface area contributed by atoms with E-state index in [-0.39, 0.29) is 5.78 Å². The van der Waals surface area contributed by atoms with Gasteiger partial charge in [0.25, 0.3) is 0 Å². The fourth-order valence-corrected chi connectivity index (χ4v) is 2.98. The van der Waals surface area contributed by atoms with Crippen LogP contribution in [0.4, 0.5) is 18.9 Å². The SMILES string of the molecule is CCC(=O)c1[nH]ncc1CNc1ccccc1C(O)c1ccc(C(F)(F)F)cc1. The molecule has 3 rings (SSSR count). The molecule has 0 fully saturated rings. The number of aromatic amines is 1. The van der Waals surface area contributed by atoms with Crippen molar-refractivity contribution in [1.29, 1.82) is 0 Å². The molecule has 5 nitrogen and oxygen atoms in total. The van der Waals surface area contributed by atoms with E-state index >= 15 is 0 Å². The van der Waals surface area contributed by atoms with E-state index in [2.05, 4.69) is 15.5 Å². The van der Waals surface area contributed by atoms with Gasteiger partial charge in [0.2, 0.25) is 0 Å². The van der Waals surface area contributed by atoms with Gasteiger partial charge in [-0.25, -0.2) is 0 Å². The van der Waals surface area contributed by atoms with Crippen molar-refractivity contribution >= 4 is 11.5 Å². The maximum absolute atomic E-state index is 12.8. The number of para-hydroxylation sites is 1. The number of carbonyl (C=O) groups is 1. The number of aliphatic hydroxyl groups is 1. The number of benzene rings is 2. The molecule has 3 N–H and O–H groups in total. The van der Waals surface area contributed by atoms with E-state index in [4.69, 9.17) is 0 Å². The van der Waals surface area contributed by atoms with E-state index in [1.54, 1.807) is 37.4 Å². The highest BCUT2D eigenvalue weighted by molar-refractivity contribution is 5.95. The largest absolute Gasteiger partial charge is 0.416 e. The molecule has 0 radical (unpaired) electrons. The number of nitrogens with one attached hydrogen (secondary N) is 2. The Morgan fingerprint density at radius 2 is 1.86 bits per heavy atom. The Hall–Kier alpha value is -3.13. The monoisotopic (exact) mass is 403 g/mol. The first kappa shape index (κ1) is 20.6. The minimum atomic E-state index is -4.43. The van der Waals surface area contributed by atoms with E-state index < -0.39 is 17.8 Å². The van der Waals surface area contributed by atoms with Crippen LogP contribution in [0.3, 0.4) is 0 Å². The number of rotatable bonds is 7. The number of Topliss-reactive ketones (excluding diaryl/α,β-unsaturated/α-hetero) is 1. The molecule has 0 saturated carbocycles. The first-order valence-corrected chi connectivity index (χ1v) is 9.04. The number of hydrogen-bond acceptors (Lipinski definition) is 4. The van der Waals surface area contributed by atoms with E-state index in [1.807, 2.05) is 0 Å². The molecule has 0 saturated heterocycles. The quantitative estimate of drug-likeness (QED) is 0.499. The summed E-state index contributed by atoms with van der Waals surface area (Å²) >= 11 is 0. The van der Waals surface area contributed by atoms with Crippen molar-refractivity contribution in [2.24, 2.45) is 0 Å². The number of aliphatic hydroxyl groups excluding tert-OH is 1. The lowest BCUT2D eigenvalue weighted by atomic mass is 9.98. The maximum atomic E-state index is 12.8. The van der Waals surface area contributed by atoms with Crippen LogP contribution in [0.2, 0.25) is 0 Å². The second-order valence-corrected chi connectivity index (χ2v) is 6.51. The maximum Gasteiger partial charge on any atom is 0.416 e. The summed E-state index contributed by atoms with van der Waals surface area (Å²) in [7, 11) is 0. The van der Waals surface area contributed by atoms with Crippen LogP contribution in [0.5, 0.6) is 0 Å². The molecule has 0 amide bonds. The van der Waals surface area contributed by atoms with Crippen molar-refractivity contribution in [2.45, 2.75) is 32.2 Å². The summed E-state index contributed by atoms with van der Waals surface area (Å²) < 4.78 is 38.3. The average Bonchev–Trinajstić information content (AvgIpc) is 3.19. The zero-order valence-corrected chi connectivity index (χ0v) is 15.6. The topological polar surface area (TPSA) is 78.0 Å². The second-order valence-electron chi connectivity index (χ2n) is 6.51. The summed E-state index contributed by atoms with van der Waals surface area (Å²) in [5.41, 5.74) is 1.82. The molecular formula is C21H20F3N3O2. The lowest BCUT2D eigenvalue weighted by Crippen LogP contribution is -2.10. The number of hydrogen-bond donors (Lipinski definition) is 3. The van der Waals surface area contributed by atoms with Crippen molar-refractivity contribution in [3.05, 3.63) is 82.7 Å². The van der Waals surface area contributed by atoms with E-state index in [0.29, 0.717) is 41.0 Å². The minimum absolute atomic E-state index is 0.0580. The van der Waals surface area contributed by atoms with Crippen LogP contribution in [-0.2, 0) is 12.7 Å². The standard InChI is InChI=1S/C21H20F3N3O2/c1-2-18(28)19-14(12-26-27-19)11-25-17-6-4-3-5-16(17)20(29)13-7-9-15(10-8-13)21(22,23)24/h3-10,12,20,25,29H,2,11H2,1H3,(H,26,27). The molecule has 1 aromatic heterocycles. The van der Waals surface area contributed by atoms with Gasteiger partial charge in [0.1, 0.15) is 11.8 Å². The van der Waals surface area contributed by atoms with Crippen molar-refractivity contribution in [2.75, 3.05) is 5.32 Å². The Balaban J connectivity index is 1.80. The number of nitrogens with zero attached hydrogens (tertiary/aromatic N) is 1. The van der Waals surface area contributed by atoms with Gasteiger partial charge in [0.05, 0.1) is 11.8 Å². The Labute approximate surface area is 165 Å². The van der Waals surface area contributed by atoms with Crippen LogP contribution < -0.4 is 5.32 Å². The third-order valence-corrected chi connectivity index (χ3v) is 4.60. The Kier molecular flexibility index (Phi) is 6.03. The Bertz CT molecular complexity index is 981. The minimum Gasteiger partial charge on any atom is -0.384 e. The molecule has 8 heteroatoms. The summed E-state index contributed by atoms with van der Waals surface area (Å²) in [6.07, 6.45) is -3.63. The summed E-state index contributed by atoms with van der Waals surface area (Å²) in [4.78, 5) is 11.9. The zero-order chi connectivity index (χ0) is 21.0. The van der Waals surface area contributed by atoms with E-state index in [0.717, 1.165) is 12.1 Å². The van der Waals surface area contributed by atoms with Gasteiger partial charge in [-0.3, -0.25) is 9.89 Å². The van der Waals surface area contributed by atoms with Gasteiger partial charge in [0, 0.05) is 29.8 Å². The number of aromatic nitrogens is 2. The van der Waals surface area contributed by atoms with Crippen LogP contribution in [-0.4, -0.2) is 21.1 Å². The number of alkyl halides is 3.